The summed E-state index contributed by atoms with van der Waals surface area (Å²) >= 11 is 0. The van der Waals surface area contributed by atoms with Crippen LogP contribution in [0, 0.1) is 0 Å². The van der Waals surface area contributed by atoms with E-state index in [-0.39, 0.29) is 38.2 Å². The number of carbonyl (C=O) groups is 2. The largest absolute Gasteiger partial charge is 0.495 e. The predicted octanol–water partition coefficient (Wildman–Crippen LogP) is 5.53. The van der Waals surface area contributed by atoms with Crippen molar-refractivity contribution in [1.29, 1.82) is 0 Å². The maximum atomic E-state index is 14.3. The second kappa shape index (κ2) is 12.5. The van der Waals surface area contributed by atoms with E-state index in [2.05, 4.69) is 4.98 Å². The minimum Gasteiger partial charge on any atom is -0.495 e. The first-order valence-corrected chi connectivity index (χ1v) is 14.2. The van der Waals surface area contributed by atoms with E-state index < -0.39 is 53.0 Å². The number of alkyl halides is 6. The number of anilines is 1. The normalized spacial score (nSPS) is 19.3. The molecule has 0 saturated carbocycles. The van der Waals surface area contributed by atoms with E-state index in [1.54, 1.807) is 12.0 Å². The highest BCUT2D eigenvalue weighted by Gasteiger charge is 2.49. The number of hydrogen-bond donors (Lipinski definition) is 0. The van der Waals surface area contributed by atoms with Crippen molar-refractivity contribution in [3.8, 4) is 11.5 Å². The number of benzene rings is 2. The van der Waals surface area contributed by atoms with Crippen molar-refractivity contribution in [3.63, 3.8) is 0 Å². The van der Waals surface area contributed by atoms with Gasteiger partial charge in [-0.15, -0.1) is 0 Å². The Morgan fingerprint density at radius 3 is 2.18 bits per heavy atom. The number of nitrogens with zero attached hydrogens (tertiary/aromatic N) is 4. The smallest absolute Gasteiger partial charge is 0.417 e. The number of likely N-dealkylation sites (tertiary alicyclic amines) is 1. The first kappa shape index (κ1) is 31.9. The van der Waals surface area contributed by atoms with Gasteiger partial charge in [0, 0.05) is 45.1 Å². The van der Waals surface area contributed by atoms with Gasteiger partial charge in [0.05, 0.1) is 36.0 Å². The van der Waals surface area contributed by atoms with Crippen LogP contribution in [0.15, 0.2) is 67.0 Å². The summed E-state index contributed by atoms with van der Waals surface area (Å²) in [4.78, 5) is 36.1. The van der Waals surface area contributed by atoms with Gasteiger partial charge < -0.3 is 24.2 Å². The van der Waals surface area contributed by atoms with Crippen LogP contribution in [0.2, 0.25) is 0 Å². The first-order valence-electron chi connectivity index (χ1n) is 14.2. The van der Waals surface area contributed by atoms with Crippen molar-refractivity contribution < 1.29 is 45.4 Å². The van der Waals surface area contributed by atoms with Crippen LogP contribution in [0.25, 0.3) is 0 Å². The van der Waals surface area contributed by atoms with E-state index in [0.717, 1.165) is 47.2 Å². The van der Waals surface area contributed by atoms with Gasteiger partial charge in [-0.3, -0.25) is 14.6 Å². The second-order valence-corrected chi connectivity index (χ2v) is 10.8. The number of piperidine rings is 1. The zero-order valence-corrected chi connectivity index (χ0v) is 24.2. The van der Waals surface area contributed by atoms with E-state index >= 15 is 0 Å². The van der Waals surface area contributed by atoms with Crippen LogP contribution in [0.1, 0.15) is 34.3 Å². The van der Waals surface area contributed by atoms with Gasteiger partial charge in [0.2, 0.25) is 5.60 Å². The molecule has 5 rings (SSSR count). The number of carbonyl (C=O) groups excluding carboxylic acids is 2. The maximum absolute atomic E-state index is 14.3. The maximum Gasteiger partial charge on any atom is 0.417 e. The zero-order chi connectivity index (χ0) is 32.4. The zero-order valence-electron chi connectivity index (χ0n) is 24.2. The topological polar surface area (TPSA) is 75.2 Å². The van der Waals surface area contributed by atoms with Crippen LogP contribution >= 0.6 is 0 Å². The molecule has 3 aromatic rings. The minimum atomic E-state index is -4.82. The summed E-state index contributed by atoms with van der Waals surface area (Å²) < 4.78 is 92.4. The van der Waals surface area contributed by atoms with Crippen LogP contribution in [0.4, 0.5) is 32.0 Å². The SMILES string of the molecule is COc1ccccc1N1CCN(C(=O)[C@]2(Oc3ccc(C(F)(F)F)cc3)CCCN(C(=O)c3cnccc3C(F)(F)F)C2)CC1. The summed E-state index contributed by atoms with van der Waals surface area (Å²) in [6.07, 6.45) is -7.38. The molecule has 14 heteroatoms. The molecular weight excluding hydrogens is 606 g/mol. The van der Waals surface area contributed by atoms with E-state index in [1.807, 2.05) is 29.2 Å². The van der Waals surface area contributed by atoms with Crippen LogP contribution in [-0.2, 0) is 17.1 Å². The van der Waals surface area contributed by atoms with Crippen molar-refractivity contribution in [2.45, 2.75) is 30.8 Å². The molecule has 2 saturated heterocycles. The Hall–Kier alpha value is -4.49. The number of rotatable bonds is 6. The Labute approximate surface area is 255 Å². The van der Waals surface area contributed by atoms with E-state index in [0.29, 0.717) is 24.9 Å². The molecule has 1 atom stereocenters. The highest BCUT2D eigenvalue weighted by Crippen LogP contribution is 2.37. The van der Waals surface area contributed by atoms with Crippen molar-refractivity contribution in [2.75, 3.05) is 51.3 Å². The lowest BCUT2D eigenvalue weighted by Gasteiger charge is -2.45. The Bertz CT molecular complexity index is 1520. The molecule has 0 bridgehead atoms. The predicted molar refractivity (Wildman–Crippen MR) is 151 cm³/mol. The fourth-order valence-corrected chi connectivity index (χ4v) is 5.75. The van der Waals surface area contributed by atoms with Crippen LogP contribution in [-0.4, -0.2) is 78.6 Å². The summed E-state index contributed by atoms with van der Waals surface area (Å²) in [5.41, 5.74) is -3.68. The number of hydrogen-bond acceptors (Lipinski definition) is 6. The highest BCUT2D eigenvalue weighted by atomic mass is 19.4. The lowest BCUT2D eigenvalue weighted by molar-refractivity contribution is -0.153. The molecule has 2 aromatic carbocycles. The number of methoxy groups -OCH3 is 1. The number of aromatic nitrogens is 1. The van der Waals surface area contributed by atoms with Crippen molar-refractivity contribution in [2.24, 2.45) is 0 Å². The molecule has 0 aliphatic carbocycles. The van der Waals surface area contributed by atoms with E-state index in [1.165, 1.54) is 0 Å². The van der Waals surface area contributed by atoms with Gasteiger partial charge >= 0.3 is 12.4 Å². The summed E-state index contributed by atoms with van der Waals surface area (Å²) in [5.74, 6) is -0.878. The van der Waals surface area contributed by atoms with Gasteiger partial charge in [0.25, 0.3) is 11.8 Å². The van der Waals surface area contributed by atoms with Gasteiger partial charge in [0.15, 0.2) is 0 Å². The lowest BCUT2D eigenvalue weighted by atomic mass is 9.89. The highest BCUT2D eigenvalue weighted by molar-refractivity contribution is 5.96. The van der Waals surface area contributed by atoms with Gasteiger partial charge in [-0.25, -0.2) is 0 Å². The van der Waals surface area contributed by atoms with Gasteiger partial charge in [-0.2, -0.15) is 26.3 Å². The van der Waals surface area contributed by atoms with Crippen LogP contribution in [0.5, 0.6) is 11.5 Å². The summed E-state index contributed by atoms with van der Waals surface area (Å²) in [5, 5.41) is 0. The number of halogens is 6. The molecule has 240 valence electrons. The van der Waals surface area contributed by atoms with Gasteiger partial charge in [-0.1, -0.05) is 12.1 Å². The summed E-state index contributed by atoms with van der Waals surface area (Å²) in [6, 6.07) is 11.9. The molecule has 2 amide bonds. The fourth-order valence-electron chi connectivity index (χ4n) is 5.75. The van der Waals surface area contributed by atoms with E-state index in [4.69, 9.17) is 9.47 Å². The fraction of sp³-hybridized carbons (Fsp3) is 0.387. The Morgan fingerprint density at radius 1 is 0.844 bits per heavy atom. The molecule has 2 aliphatic rings. The number of piperazine rings is 1. The average Bonchev–Trinajstić information content (AvgIpc) is 3.03. The second-order valence-electron chi connectivity index (χ2n) is 10.8. The summed E-state index contributed by atoms with van der Waals surface area (Å²) in [6.45, 7) is 0.988. The van der Waals surface area contributed by atoms with Crippen LogP contribution in [0.3, 0.4) is 0 Å². The van der Waals surface area contributed by atoms with Crippen LogP contribution < -0.4 is 14.4 Å². The quantitative estimate of drug-likeness (QED) is 0.332. The lowest BCUT2D eigenvalue weighted by Crippen LogP contribution is -2.64. The molecule has 0 spiro atoms. The number of para-hydroxylation sites is 2. The third-order valence-corrected chi connectivity index (χ3v) is 7.98. The third kappa shape index (κ3) is 6.79. The van der Waals surface area contributed by atoms with Gasteiger partial charge in [0.1, 0.15) is 11.5 Å². The third-order valence-electron chi connectivity index (χ3n) is 7.98. The molecule has 0 N–H and O–H groups in total. The molecule has 0 radical (unpaired) electrons. The molecule has 0 unspecified atom stereocenters. The Balaban J connectivity index is 1.43. The van der Waals surface area contributed by atoms with Crippen molar-refractivity contribution in [1.82, 2.24) is 14.8 Å². The monoisotopic (exact) mass is 636 g/mol. The van der Waals surface area contributed by atoms with Crippen molar-refractivity contribution >= 4 is 17.5 Å². The molecule has 1 aromatic heterocycles. The number of ether oxygens (including phenoxy) is 2. The Morgan fingerprint density at radius 2 is 1.53 bits per heavy atom. The average molecular weight is 637 g/mol. The minimum absolute atomic E-state index is 0.0397. The first-order chi connectivity index (χ1) is 21.3. The molecule has 3 heterocycles. The molecule has 45 heavy (non-hydrogen) atoms. The number of amides is 2. The van der Waals surface area contributed by atoms with E-state index in [9.17, 15) is 35.9 Å². The number of pyridine rings is 1. The molecule has 8 nitrogen and oxygen atoms in total. The summed E-state index contributed by atoms with van der Waals surface area (Å²) in [7, 11) is 1.56. The Kier molecular flexibility index (Phi) is 8.86. The molecule has 2 aliphatic heterocycles. The standard InChI is InChI=1S/C31H30F6N4O4/c1-44-26-6-3-2-5-25(26)39-15-17-40(18-16-39)28(43)29(45-22-9-7-21(8-10-22)30(32,33)34)12-4-14-41(20-29)27(42)23-19-38-13-11-24(23)31(35,36)37/h2-3,5-11,13,19H,4,12,14-18,20H2,1H3/t29-/m0/s1. The molecular formula is C31H30F6N4O4. The van der Waals surface area contributed by atoms with Crippen molar-refractivity contribution in [3.05, 3.63) is 83.7 Å². The molecule has 2 fully saturated rings. The van der Waals surface area contributed by atoms with Gasteiger partial charge in [-0.05, 0) is 55.3 Å².